The van der Waals surface area contributed by atoms with Crippen LogP contribution in [0, 0.1) is 0 Å². The Hall–Kier alpha value is -0.450. The second-order valence-electron chi connectivity index (χ2n) is 3.40. The van der Waals surface area contributed by atoms with E-state index in [-0.39, 0.29) is 6.10 Å². The van der Waals surface area contributed by atoms with Crippen molar-refractivity contribution >= 4 is 28.5 Å². The van der Waals surface area contributed by atoms with Crippen molar-refractivity contribution in [2.45, 2.75) is 32.3 Å². The van der Waals surface area contributed by atoms with Gasteiger partial charge in [-0.25, -0.2) is 0 Å². The lowest BCUT2D eigenvalue weighted by molar-refractivity contribution is 0.0584. The second-order valence-corrected chi connectivity index (χ2v) is 4.96. The molecule has 0 aliphatic heterocycles. The zero-order valence-electron chi connectivity index (χ0n) is 8.94. The number of hydrogen-bond donors (Lipinski definition) is 1. The SMILES string of the molecule is CCC(CC(N)=S)OCCc1cccs1. The van der Waals surface area contributed by atoms with E-state index in [0.717, 1.165) is 19.4 Å². The lowest BCUT2D eigenvalue weighted by atomic mass is 10.2. The van der Waals surface area contributed by atoms with Crippen molar-refractivity contribution in [3.05, 3.63) is 22.4 Å². The first-order valence-corrected chi connectivity index (χ1v) is 6.43. The Morgan fingerprint density at radius 2 is 2.47 bits per heavy atom. The van der Waals surface area contributed by atoms with E-state index in [2.05, 4.69) is 24.4 Å². The normalized spacial score (nSPS) is 12.6. The highest BCUT2D eigenvalue weighted by molar-refractivity contribution is 7.80. The van der Waals surface area contributed by atoms with Crippen LogP contribution in [0.15, 0.2) is 17.5 Å². The Balaban J connectivity index is 2.20. The van der Waals surface area contributed by atoms with Crippen molar-refractivity contribution in [3.8, 4) is 0 Å². The van der Waals surface area contributed by atoms with Crippen molar-refractivity contribution in [3.63, 3.8) is 0 Å². The van der Waals surface area contributed by atoms with Crippen molar-refractivity contribution in [2.24, 2.45) is 5.73 Å². The highest BCUT2D eigenvalue weighted by Crippen LogP contribution is 2.11. The maximum atomic E-state index is 5.71. The molecule has 1 aromatic heterocycles. The smallest absolute Gasteiger partial charge is 0.0753 e. The summed E-state index contributed by atoms with van der Waals surface area (Å²) in [4.78, 5) is 1.90. The van der Waals surface area contributed by atoms with E-state index in [1.54, 1.807) is 11.3 Å². The molecule has 15 heavy (non-hydrogen) atoms. The maximum absolute atomic E-state index is 5.71. The molecule has 0 aliphatic carbocycles. The van der Waals surface area contributed by atoms with E-state index in [9.17, 15) is 0 Å². The molecule has 4 heteroatoms. The van der Waals surface area contributed by atoms with Gasteiger partial charge >= 0.3 is 0 Å². The Morgan fingerprint density at radius 3 is 3.00 bits per heavy atom. The largest absolute Gasteiger partial charge is 0.393 e. The molecule has 0 amide bonds. The molecule has 0 saturated carbocycles. The lowest BCUT2D eigenvalue weighted by Crippen LogP contribution is -2.21. The summed E-state index contributed by atoms with van der Waals surface area (Å²) in [6, 6.07) is 4.19. The highest BCUT2D eigenvalue weighted by Gasteiger charge is 2.07. The molecule has 0 spiro atoms. The van der Waals surface area contributed by atoms with Gasteiger partial charge in [0.1, 0.15) is 0 Å². The number of rotatable bonds is 7. The van der Waals surface area contributed by atoms with Crippen LogP contribution in [0.2, 0.25) is 0 Å². The summed E-state index contributed by atoms with van der Waals surface area (Å²) >= 11 is 6.63. The van der Waals surface area contributed by atoms with Crippen LogP contribution in [0.4, 0.5) is 0 Å². The Bertz CT molecular complexity index is 285. The van der Waals surface area contributed by atoms with Gasteiger partial charge in [0.15, 0.2) is 0 Å². The van der Waals surface area contributed by atoms with Crippen LogP contribution in [0.3, 0.4) is 0 Å². The Labute approximate surface area is 100 Å². The summed E-state index contributed by atoms with van der Waals surface area (Å²) < 4.78 is 5.71. The number of thiophene rings is 1. The van der Waals surface area contributed by atoms with Crippen LogP contribution in [0.25, 0.3) is 0 Å². The fraction of sp³-hybridized carbons (Fsp3) is 0.545. The van der Waals surface area contributed by atoms with E-state index in [4.69, 9.17) is 22.7 Å². The van der Waals surface area contributed by atoms with Gasteiger partial charge in [-0.15, -0.1) is 11.3 Å². The quantitative estimate of drug-likeness (QED) is 0.748. The van der Waals surface area contributed by atoms with E-state index >= 15 is 0 Å². The van der Waals surface area contributed by atoms with Crippen LogP contribution in [0.5, 0.6) is 0 Å². The van der Waals surface area contributed by atoms with Crippen LogP contribution in [-0.2, 0) is 11.2 Å². The molecule has 84 valence electrons. The Kier molecular flexibility index (Phi) is 5.83. The average Bonchev–Trinajstić information content (AvgIpc) is 2.68. The summed E-state index contributed by atoms with van der Waals surface area (Å²) in [5.41, 5.74) is 5.49. The fourth-order valence-electron chi connectivity index (χ4n) is 1.33. The van der Waals surface area contributed by atoms with Crippen molar-refractivity contribution in [1.29, 1.82) is 0 Å². The molecular weight excluding hydrogens is 226 g/mol. The second kappa shape index (κ2) is 6.93. The molecule has 1 atom stereocenters. The standard InChI is InChI=1S/C11H17NOS2/c1-2-9(8-11(12)14)13-6-5-10-4-3-7-15-10/h3-4,7,9H,2,5-6,8H2,1H3,(H2,12,14). The maximum Gasteiger partial charge on any atom is 0.0753 e. The molecule has 1 rings (SSSR count). The fourth-order valence-corrected chi connectivity index (χ4v) is 2.20. The summed E-state index contributed by atoms with van der Waals surface area (Å²) in [6.45, 7) is 2.84. The Morgan fingerprint density at radius 1 is 1.67 bits per heavy atom. The summed E-state index contributed by atoms with van der Waals surface area (Å²) in [5, 5.41) is 2.08. The molecule has 1 unspecified atom stereocenters. The van der Waals surface area contributed by atoms with Crippen LogP contribution >= 0.6 is 23.6 Å². The van der Waals surface area contributed by atoms with Gasteiger partial charge in [0.2, 0.25) is 0 Å². The first-order chi connectivity index (χ1) is 7.22. The molecule has 2 N–H and O–H groups in total. The predicted molar refractivity (Wildman–Crippen MR) is 69.5 cm³/mol. The van der Waals surface area contributed by atoms with Gasteiger partial charge in [-0.05, 0) is 17.9 Å². The molecule has 0 saturated heterocycles. The van der Waals surface area contributed by atoms with Gasteiger partial charge in [0.05, 0.1) is 17.7 Å². The van der Waals surface area contributed by atoms with E-state index in [0.29, 0.717) is 11.4 Å². The number of nitrogens with two attached hydrogens (primary N) is 1. The summed E-state index contributed by atoms with van der Waals surface area (Å²) in [5.74, 6) is 0. The monoisotopic (exact) mass is 243 g/mol. The third-order valence-electron chi connectivity index (χ3n) is 2.17. The van der Waals surface area contributed by atoms with E-state index in [1.165, 1.54) is 4.88 Å². The topological polar surface area (TPSA) is 35.2 Å². The molecule has 0 fully saturated rings. The number of hydrogen-bond acceptors (Lipinski definition) is 3. The van der Waals surface area contributed by atoms with Gasteiger partial charge < -0.3 is 10.5 Å². The highest BCUT2D eigenvalue weighted by atomic mass is 32.1. The third-order valence-corrected chi connectivity index (χ3v) is 3.27. The molecular formula is C11H17NOS2. The van der Waals surface area contributed by atoms with E-state index < -0.39 is 0 Å². The summed E-state index contributed by atoms with van der Waals surface area (Å²) in [6.07, 6.45) is 2.81. The van der Waals surface area contributed by atoms with Crippen molar-refractivity contribution in [1.82, 2.24) is 0 Å². The molecule has 0 aliphatic rings. The van der Waals surface area contributed by atoms with Gasteiger partial charge in [-0.1, -0.05) is 25.2 Å². The predicted octanol–water partition coefficient (Wildman–Crippen LogP) is 2.76. The first-order valence-electron chi connectivity index (χ1n) is 5.14. The minimum absolute atomic E-state index is 0.183. The minimum atomic E-state index is 0.183. The lowest BCUT2D eigenvalue weighted by Gasteiger charge is -2.14. The van der Waals surface area contributed by atoms with Crippen LogP contribution < -0.4 is 5.73 Å². The van der Waals surface area contributed by atoms with E-state index in [1.807, 2.05) is 0 Å². The van der Waals surface area contributed by atoms with Gasteiger partial charge in [-0.3, -0.25) is 0 Å². The summed E-state index contributed by atoms with van der Waals surface area (Å²) in [7, 11) is 0. The molecule has 0 radical (unpaired) electrons. The van der Waals surface area contributed by atoms with Crippen LogP contribution in [0.1, 0.15) is 24.6 Å². The third kappa shape index (κ3) is 5.25. The van der Waals surface area contributed by atoms with Crippen LogP contribution in [-0.4, -0.2) is 17.7 Å². The first kappa shape index (κ1) is 12.6. The molecule has 1 heterocycles. The molecule has 0 aromatic carbocycles. The van der Waals surface area contributed by atoms with Crippen molar-refractivity contribution in [2.75, 3.05) is 6.61 Å². The number of thiocarbonyl (C=S) groups is 1. The molecule has 0 bridgehead atoms. The van der Waals surface area contributed by atoms with Gasteiger partial charge in [0, 0.05) is 17.7 Å². The molecule has 2 nitrogen and oxygen atoms in total. The zero-order valence-corrected chi connectivity index (χ0v) is 10.6. The van der Waals surface area contributed by atoms with Gasteiger partial charge in [0.25, 0.3) is 0 Å². The average molecular weight is 243 g/mol. The number of ether oxygens (including phenoxy) is 1. The molecule has 1 aromatic rings. The van der Waals surface area contributed by atoms with Gasteiger partial charge in [-0.2, -0.15) is 0 Å². The van der Waals surface area contributed by atoms with Crippen molar-refractivity contribution < 1.29 is 4.74 Å². The zero-order chi connectivity index (χ0) is 11.1. The minimum Gasteiger partial charge on any atom is -0.393 e.